The number of hydrogen-bond donors (Lipinski definition) is 0. The second kappa shape index (κ2) is 57.7. The molecule has 0 N–H and O–H groups in total. The molecule has 0 aliphatic carbocycles. The molecule has 0 aromatic carbocycles. The van der Waals surface area contributed by atoms with Crippen LogP contribution in [0.3, 0.4) is 0 Å². The Hall–Kier alpha value is -2.89. The normalized spacial score (nSPS) is 12.4. The van der Waals surface area contributed by atoms with Gasteiger partial charge in [-0.15, -0.1) is 0 Å². The molecule has 6 nitrogen and oxygen atoms in total. The Morgan fingerprint density at radius 3 is 0.841 bits per heavy atom. The molecule has 0 aliphatic heterocycles. The molecule has 0 fully saturated rings. The fourth-order valence-corrected chi connectivity index (χ4v) is 8.55. The van der Waals surface area contributed by atoms with Gasteiger partial charge in [-0.05, 0) is 70.6 Å². The average Bonchev–Trinajstić information content (AvgIpc) is 3.35. The SMILES string of the molecule is CCCCC/C=C\C=C/CCCCCCCCCCCCC(=O)OCC(COC(=O)CCCCCCCCCCCCCCCC)OC(=O)CCCCCCC\C=C/C=C\C=C/CCCCCCC. The molecule has 1 unspecified atom stereocenters. The van der Waals surface area contributed by atoms with E-state index in [0.717, 1.165) is 77.0 Å². The van der Waals surface area contributed by atoms with Crippen molar-refractivity contribution >= 4 is 17.9 Å². The molecule has 0 aromatic rings. The van der Waals surface area contributed by atoms with Crippen molar-refractivity contribution in [3.63, 3.8) is 0 Å². The molecular weight excluding hydrogens is 853 g/mol. The first-order valence-electron chi connectivity index (χ1n) is 29.8. The second-order valence-electron chi connectivity index (χ2n) is 20.0. The van der Waals surface area contributed by atoms with Gasteiger partial charge < -0.3 is 14.2 Å². The number of esters is 3. The quantitative estimate of drug-likeness (QED) is 0.0262. The lowest BCUT2D eigenvalue weighted by Crippen LogP contribution is -2.30. The van der Waals surface area contributed by atoms with Gasteiger partial charge in [0, 0.05) is 19.3 Å². The minimum atomic E-state index is -0.785. The fraction of sp³-hybridized carbons (Fsp3) is 0.794. The van der Waals surface area contributed by atoms with Crippen LogP contribution in [0.5, 0.6) is 0 Å². The predicted octanol–water partition coefficient (Wildman–Crippen LogP) is 20.0. The van der Waals surface area contributed by atoms with Gasteiger partial charge in [0.25, 0.3) is 0 Å². The molecular formula is C63H112O6. The van der Waals surface area contributed by atoms with Crippen molar-refractivity contribution in [2.24, 2.45) is 0 Å². The summed E-state index contributed by atoms with van der Waals surface area (Å²) >= 11 is 0. The zero-order valence-electron chi connectivity index (χ0n) is 45.8. The third kappa shape index (κ3) is 55.9. The van der Waals surface area contributed by atoms with Gasteiger partial charge >= 0.3 is 17.9 Å². The van der Waals surface area contributed by atoms with Crippen LogP contribution < -0.4 is 0 Å². The molecule has 69 heavy (non-hydrogen) atoms. The van der Waals surface area contributed by atoms with Gasteiger partial charge in [-0.25, -0.2) is 0 Å². The summed E-state index contributed by atoms with van der Waals surface area (Å²) in [5.41, 5.74) is 0. The molecule has 1 atom stereocenters. The van der Waals surface area contributed by atoms with E-state index in [1.165, 1.54) is 186 Å². The number of unbranched alkanes of at least 4 members (excludes halogenated alkanes) is 36. The first kappa shape index (κ1) is 66.1. The lowest BCUT2D eigenvalue weighted by molar-refractivity contribution is -0.167. The molecule has 0 rings (SSSR count). The van der Waals surface area contributed by atoms with E-state index in [9.17, 15) is 14.4 Å². The molecule has 0 saturated carbocycles. The van der Waals surface area contributed by atoms with E-state index in [1.807, 2.05) is 0 Å². The summed E-state index contributed by atoms with van der Waals surface area (Å²) < 4.78 is 16.9. The number of rotatable bonds is 54. The van der Waals surface area contributed by atoms with E-state index in [-0.39, 0.29) is 31.1 Å². The van der Waals surface area contributed by atoms with Gasteiger partial charge in [0.1, 0.15) is 13.2 Å². The monoisotopic (exact) mass is 965 g/mol. The van der Waals surface area contributed by atoms with Crippen LogP contribution in [-0.2, 0) is 28.6 Å². The molecule has 0 bridgehead atoms. The van der Waals surface area contributed by atoms with Crippen molar-refractivity contribution < 1.29 is 28.6 Å². The highest BCUT2D eigenvalue weighted by Crippen LogP contribution is 2.16. The zero-order chi connectivity index (χ0) is 50.0. The van der Waals surface area contributed by atoms with Crippen LogP contribution in [0.25, 0.3) is 0 Å². The zero-order valence-corrected chi connectivity index (χ0v) is 45.8. The number of ether oxygens (including phenoxy) is 3. The van der Waals surface area contributed by atoms with E-state index in [2.05, 4.69) is 81.5 Å². The molecule has 0 aliphatic rings. The van der Waals surface area contributed by atoms with Crippen molar-refractivity contribution in [1.82, 2.24) is 0 Å². The Labute approximate surface area is 428 Å². The van der Waals surface area contributed by atoms with Gasteiger partial charge in [0.2, 0.25) is 0 Å². The molecule has 0 spiro atoms. The summed E-state index contributed by atoms with van der Waals surface area (Å²) in [4.78, 5) is 38.2. The highest BCUT2D eigenvalue weighted by Gasteiger charge is 2.19. The Bertz CT molecular complexity index is 1250. The van der Waals surface area contributed by atoms with Gasteiger partial charge in [0.15, 0.2) is 6.10 Å². The van der Waals surface area contributed by atoms with E-state index in [0.29, 0.717) is 19.3 Å². The van der Waals surface area contributed by atoms with Gasteiger partial charge in [-0.1, -0.05) is 274 Å². The van der Waals surface area contributed by atoms with Gasteiger partial charge in [-0.2, -0.15) is 0 Å². The summed E-state index contributed by atoms with van der Waals surface area (Å²) in [6, 6.07) is 0. The smallest absolute Gasteiger partial charge is 0.306 e. The van der Waals surface area contributed by atoms with E-state index >= 15 is 0 Å². The van der Waals surface area contributed by atoms with Crippen LogP contribution in [0.1, 0.15) is 303 Å². The maximum absolute atomic E-state index is 12.9. The maximum Gasteiger partial charge on any atom is 0.306 e. The summed E-state index contributed by atoms with van der Waals surface area (Å²) in [6.07, 6.45) is 72.0. The standard InChI is InChI=1S/C63H112O6/c1-4-7-10-13-16-19-22-25-28-30-32-34-35-38-41-44-47-50-53-56-62(65)68-59-60(58-67-61(64)55-52-49-46-43-40-37-27-24-21-18-15-12-9-6-3)69-63(66)57-54-51-48-45-42-39-36-33-31-29-26-23-20-17-14-11-8-5-2/h16,19,22-23,25-26,29,31,33,36,60H,4-15,17-18,20-21,24,27-28,30,32,34-35,37-59H2,1-3H3/b19-16-,25-22-,26-23-,31-29-,36-33-. The van der Waals surface area contributed by atoms with Crippen LogP contribution in [0.15, 0.2) is 60.8 Å². The molecule has 0 heterocycles. The highest BCUT2D eigenvalue weighted by atomic mass is 16.6. The van der Waals surface area contributed by atoms with Crippen molar-refractivity contribution in [3.05, 3.63) is 60.8 Å². The summed E-state index contributed by atoms with van der Waals surface area (Å²) in [5, 5.41) is 0. The van der Waals surface area contributed by atoms with Crippen LogP contribution in [0.4, 0.5) is 0 Å². The van der Waals surface area contributed by atoms with Gasteiger partial charge in [-0.3, -0.25) is 14.4 Å². The third-order valence-corrected chi connectivity index (χ3v) is 13.1. The molecule has 400 valence electrons. The first-order valence-corrected chi connectivity index (χ1v) is 29.8. The Kier molecular flexibility index (Phi) is 55.3. The Morgan fingerprint density at radius 1 is 0.290 bits per heavy atom. The lowest BCUT2D eigenvalue weighted by Gasteiger charge is -2.18. The molecule has 0 radical (unpaired) electrons. The van der Waals surface area contributed by atoms with Crippen LogP contribution in [0, 0.1) is 0 Å². The van der Waals surface area contributed by atoms with E-state index < -0.39 is 6.10 Å². The molecule has 0 amide bonds. The van der Waals surface area contributed by atoms with Crippen molar-refractivity contribution in [1.29, 1.82) is 0 Å². The minimum absolute atomic E-state index is 0.0809. The van der Waals surface area contributed by atoms with E-state index in [4.69, 9.17) is 14.2 Å². The Balaban J connectivity index is 4.39. The highest BCUT2D eigenvalue weighted by molar-refractivity contribution is 5.71. The van der Waals surface area contributed by atoms with Crippen LogP contribution >= 0.6 is 0 Å². The number of allylic oxidation sites excluding steroid dienone is 10. The van der Waals surface area contributed by atoms with Crippen LogP contribution in [0.2, 0.25) is 0 Å². The largest absolute Gasteiger partial charge is 0.462 e. The molecule has 0 saturated heterocycles. The van der Waals surface area contributed by atoms with Crippen molar-refractivity contribution in [2.45, 2.75) is 309 Å². The van der Waals surface area contributed by atoms with Gasteiger partial charge in [0.05, 0.1) is 0 Å². The second-order valence-corrected chi connectivity index (χ2v) is 20.0. The predicted molar refractivity (Wildman–Crippen MR) is 298 cm³/mol. The van der Waals surface area contributed by atoms with Crippen molar-refractivity contribution in [3.8, 4) is 0 Å². The van der Waals surface area contributed by atoms with E-state index in [1.54, 1.807) is 0 Å². The maximum atomic E-state index is 12.9. The van der Waals surface area contributed by atoms with Crippen molar-refractivity contribution in [2.75, 3.05) is 13.2 Å². The fourth-order valence-electron chi connectivity index (χ4n) is 8.55. The third-order valence-electron chi connectivity index (χ3n) is 13.1. The minimum Gasteiger partial charge on any atom is -0.462 e. The molecule has 6 heteroatoms. The average molecular weight is 966 g/mol. The topological polar surface area (TPSA) is 78.9 Å². The Morgan fingerprint density at radius 2 is 0.522 bits per heavy atom. The number of carbonyl (C=O) groups excluding carboxylic acids is 3. The summed E-state index contributed by atoms with van der Waals surface area (Å²) in [6.45, 7) is 6.61. The summed E-state index contributed by atoms with van der Waals surface area (Å²) in [5.74, 6) is -0.890. The molecule has 0 aromatic heterocycles. The number of hydrogen-bond acceptors (Lipinski definition) is 6. The van der Waals surface area contributed by atoms with Crippen LogP contribution in [-0.4, -0.2) is 37.2 Å². The lowest BCUT2D eigenvalue weighted by atomic mass is 10.0. The first-order chi connectivity index (χ1) is 34.0. The number of carbonyl (C=O) groups is 3. The summed E-state index contributed by atoms with van der Waals surface area (Å²) in [7, 11) is 0.